The molecule has 3 aliphatic rings. The highest BCUT2D eigenvalue weighted by Gasteiger charge is 2.39. The fourth-order valence-corrected chi connectivity index (χ4v) is 5.77. The van der Waals surface area contributed by atoms with Gasteiger partial charge in [-0.1, -0.05) is 31.7 Å². The summed E-state index contributed by atoms with van der Waals surface area (Å²) < 4.78 is 19.2. The van der Waals surface area contributed by atoms with Gasteiger partial charge in [0, 0.05) is 24.7 Å². The van der Waals surface area contributed by atoms with E-state index in [1.54, 1.807) is 17.0 Å². The molecule has 5 heteroatoms. The number of halogens is 1. The maximum absolute atomic E-state index is 14.4. The minimum Gasteiger partial charge on any atom is -0.452 e. The number of benzene rings is 1. The molecule has 0 spiro atoms. The first-order valence-electron chi connectivity index (χ1n) is 12.1. The van der Waals surface area contributed by atoms with Crippen molar-refractivity contribution in [3.8, 4) is 0 Å². The lowest BCUT2D eigenvalue weighted by Crippen LogP contribution is -2.50. The summed E-state index contributed by atoms with van der Waals surface area (Å²) in [5.74, 6) is 0.527. The predicted octanol–water partition coefficient (Wildman–Crippen LogP) is 5.82. The van der Waals surface area contributed by atoms with Gasteiger partial charge in [0.25, 0.3) is 0 Å². The summed E-state index contributed by atoms with van der Waals surface area (Å²) in [6, 6.07) is 5.80. The smallest absolute Gasteiger partial charge is 0.413 e. The summed E-state index contributed by atoms with van der Waals surface area (Å²) in [5.41, 5.74) is 4.62. The van der Waals surface area contributed by atoms with Gasteiger partial charge in [0.2, 0.25) is 0 Å². The van der Waals surface area contributed by atoms with Gasteiger partial charge in [-0.2, -0.15) is 0 Å². The molecule has 1 atom stereocenters. The molecular weight excluding hydrogens is 403 g/mol. The van der Waals surface area contributed by atoms with E-state index in [1.807, 2.05) is 6.07 Å². The Balaban J connectivity index is 1.46. The molecule has 0 bridgehead atoms. The third-order valence-corrected chi connectivity index (χ3v) is 8.10. The average molecular weight is 441 g/mol. The molecule has 2 heterocycles. The second-order valence-electron chi connectivity index (χ2n) is 9.92. The number of rotatable bonds is 6. The fraction of sp³-hybridized carbons (Fsp3) is 0.593. The maximum Gasteiger partial charge on any atom is 0.413 e. The SMILES string of the molecule is C=C(Cc1ccc(F)cc1C1(CC)CCN(C2CCN(C(=O)OC)C(=C)C2)CC1)C1CC1. The van der Waals surface area contributed by atoms with Crippen LogP contribution in [0, 0.1) is 11.7 Å². The number of nitrogens with zero attached hydrogens (tertiary/aromatic N) is 2. The number of ether oxygens (including phenoxy) is 1. The number of piperidine rings is 2. The normalized spacial score (nSPS) is 23.8. The molecule has 1 unspecified atom stereocenters. The van der Waals surface area contributed by atoms with Crippen molar-refractivity contribution in [1.82, 2.24) is 9.80 Å². The van der Waals surface area contributed by atoms with Crippen LogP contribution in [0.4, 0.5) is 9.18 Å². The van der Waals surface area contributed by atoms with E-state index in [2.05, 4.69) is 25.0 Å². The van der Waals surface area contributed by atoms with Gasteiger partial charge in [-0.15, -0.1) is 0 Å². The van der Waals surface area contributed by atoms with Crippen LogP contribution in [0.15, 0.2) is 42.6 Å². The first-order valence-corrected chi connectivity index (χ1v) is 12.1. The summed E-state index contributed by atoms with van der Waals surface area (Å²) >= 11 is 0. The van der Waals surface area contributed by atoms with Crippen molar-refractivity contribution < 1.29 is 13.9 Å². The van der Waals surface area contributed by atoms with E-state index in [9.17, 15) is 9.18 Å². The van der Waals surface area contributed by atoms with E-state index in [0.29, 0.717) is 18.5 Å². The van der Waals surface area contributed by atoms with Gasteiger partial charge in [-0.05, 0) is 92.6 Å². The average Bonchev–Trinajstić information content (AvgIpc) is 3.65. The summed E-state index contributed by atoms with van der Waals surface area (Å²) in [6.45, 7) is 13.3. The number of amides is 1. The Morgan fingerprint density at radius 3 is 2.53 bits per heavy atom. The van der Waals surface area contributed by atoms with Crippen LogP contribution >= 0.6 is 0 Å². The molecule has 1 aliphatic carbocycles. The Labute approximate surface area is 192 Å². The number of hydrogen-bond acceptors (Lipinski definition) is 3. The summed E-state index contributed by atoms with van der Waals surface area (Å²) in [4.78, 5) is 16.1. The third-order valence-electron chi connectivity index (χ3n) is 8.10. The first kappa shape index (κ1) is 23.0. The molecule has 4 nitrogen and oxygen atoms in total. The van der Waals surface area contributed by atoms with Crippen LogP contribution in [0.25, 0.3) is 0 Å². The zero-order chi connectivity index (χ0) is 22.9. The van der Waals surface area contributed by atoms with Gasteiger partial charge in [0.15, 0.2) is 0 Å². The Morgan fingerprint density at radius 2 is 1.94 bits per heavy atom. The minimum atomic E-state index is -0.316. The number of methoxy groups -OCH3 is 1. The molecule has 1 saturated carbocycles. The number of hydrogen-bond donors (Lipinski definition) is 0. The van der Waals surface area contributed by atoms with Crippen LogP contribution in [-0.4, -0.2) is 48.7 Å². The van der Waals surface area contributed by atoms with Crippen molar-refractivity contribution in [1.29, 1.82) is 0 Å². The number of likely N-dealkylation sites (tertiary alicyclic amines) is 2. The van der Waals surface area contributed by atoms with Gasteiger partial charge in [-0.25, -0.2) is 9.18 Å². The van der Waals surface area contributed by atoms with Crippen LogP contribution in [0.2, 0.25) is 0 Å². The van der Waals surface area contributed by atoms with Crippen molar-refractivity contribution in [2.45, 2.75) is 69.7 Å². The summed E-state index contributed by atoms with van der Waals surface area (Å²) in [7, 11) is 1.41. The molecule has 2 saturated heterocycles. The Kier molecular flexibility index (Phi) is 6.75. The molecule has 0 radical (unpaired) electrons. The van der Waals surface area contributed by atoms with E-state index in [4.69, 9.17) is 4.74 Å². The maximum atomic E-state index is 14.4. The molecule has 2 aliphatic heterocycles. The van der Waals surface area contributed by atoms with E-state index in [1.165, 1.54) is 36.7 Å². The predicted molar refractivity (Wildman–Crippen MR) is 126 cm³/mol. The van der Waals surface area contributed by atoms with Crippen molar-refractivity contribution in [2.24, 2.45) is 5.92 Å². The van der Waals surface area contributed by atoms with Gasteiger partial charge < -0.3 is 4.74 Å². The molecule has 1 amide bonds. The van der Waals surface area contributed by atoms with Crippen LogP contribution in [0.5, 0.6) is 0 Å². The van der Waals surface area contributed by atoms with Gasteiger partial charge in [0.1, 0.15) is 5.82 Å². The van der Waals surface area contributed by atoms with Crippen LogP contribution in [0.3, 0.4) is 0 Å². The molecule has 3 fully saturated rings. The highest BCUT2D eigenvalue weighted by molar-refractivity contribution is 5.69. The van der Waals surface area contributed by atoms with Gasteiger partial charge in [0.05, 0.1) is 7.11 Å². The molecule has 32 heavy (non-hydrogen) atoms. The van der Waals surface area contributed by atoms with Crippen molar-refractivity contribution in [3.05, 3.63) is 59.6 Å². The Hall–Kier alpha value is -2.14. The number of carbonyl (C=O) groups is 1. The third kappa shape index (κ3) is 4.63. The standard InChI is InChI=1S/C27H37FN2O2/c1-5-27(25-18-23(28)9-8-22(25)16-19(2)21-6-7-21)11-14-29(15-12-27)24-10-13-30(20(3)17-24)26(31)32-4/h8-9,18,21,24H,2-3,5-7,10-17H2,1,4H3. The molecule has 1 aromatic carbocycles. The monoisotopic (exact) mass is 440 g/mol. The first-order chi connectivity index (χ1) is 15.4. The second-order valence-corrected chi connectivity index (χ2v) is 9.92. The Morgan fingerprint density at radius 1 is 1.22 bits per heavy atom. The van der Waals surface area contributed by atoms with E-state index < -0.39 is 0 Å². The topological polar surface area (TPSA) is 32.8 Å². The van der Waals surface area contributed by atoms with Gasteiger partial charge in [-0.3, -0.25) is 9.80 Å². The molecule has 174 valence electrons. The minimum absolute atomic E-state index is 0.0154. The van der Waals surface area contributed by atoms with Crippen LogP contribution in [-0.2, 0) is 16.6 Å². The molecular formula is C27H37FN2O2. The summed E-state index contributed by atoms with van der Waals surface area (Å²) in [6.07, 6.45) is 7.85. The fourth-order valence-electron chi connectivity index (χ4n) is 5.77. The highest BCUT2D eigenvalue weighted by atomic mass is 19.1. The van der Waals surface area contributed by atoms with E-state index >= 15 is 0 Å². The van der Waals surface area contributed by atoms with Gasteiger partial charge >= 0.3 is 6.09 Å². The van der Waals surface area contributed by atoms with Crippen molar-refractivity contribution in [2.75, 3.05) is 26.7 Å². The van der Waals surface area contributed by atoms with Crippen molar-refractivity contribution in [3.63, 3.8) is 0 Å². The van der Waals surface area contributed by atoms with Crippen LogP contribution < -0.4 is 0 Å². The summed E-state index contributed by atoms with van der Waals surface area (Å²) in [5, 5.41) is 0. The molecule has 0 aromatic heterocycles. The van der Waals surface area contributed by atoms with E-state index in [0.717, 1.165) is 57.3 Å². The largest absolute Gasteiger partial charge is 0.452 e. The lowest BCUT2D eigenvalue weighted by molar-refractivity contribution is 0.0759. The molecule has 0 N–H and O–H groups in total. The Bertz CT molecular complexity index is 884. The molecule has 1 aromatic rings. The van der Waals surface area contributed by atoms with Crippen molar-refractivity contribution >= 4 is 6.09 Å². The lowest BCUT2D eigenvalue weighted by atomic mass is 9.68. The quantitative estimate of drug-likeness (QED) is 0.522. The highest BCUT2D eigenvalue weighted by Crippen LogP contribution is 2.44. The zero-order valence-electron chi connectivity index (χ0n) is 19.7. The van der Waals surface area contributed by atoms with E-state index in [-0.39, 0.29) is 17.3 Å². The van der Waals surface area contributed by atoms with Crippen LogP contribution in [0.1, 0.15) is 63.0 Å². The lowest BCUT2D eigenvalue weighted by Gasteiger charge is -2.47. The molecule has 4 rings (SSSR count). The number of carbonyl (C=O) groups excluding carboxylic acids is 1. The second kappa shape index (κ2) is 9.38. The zero-order valence-corrected chi connectivity index (χ0v) is 19.7. The number of allylic oxidation sites excluding steroid dienone is 1.